The quantitative estimate of drug-likeness (QED) is 0.721. The van der Waals surface area contributed by atoms with Gasteiger partial charge in [-0.3, -0.25) is 4.79 Å². The maximum Gasteiger partial charge on any atom is 0.230 e. The van der Waals surface area contributed by atoms with Crippen LogP contribution in [-0.2, 0) is 10.2 Å². The van der Waals surface area contributed by atoms with Gasteiger partial charge >= 0.3 is 0 Å². The van der Waals surface area contributed by atoms with Crippen molar-refractivity contribution in [3.63, 3.8) is 0 Å². The van der Waals surface area contributed by atoms with Gasteiger partial charge in [0.15, 0.2) is 0 Å². The predicted octanol–water partition coefficient (Wildman–Crippen LogP) is 2.07. The third kappa shape index (κ3) is 5.41. The Balaban J connectivity index is 2.53. The summed E-state index contributed by atoms with van der Waals surface area (Å²) in [7, 11) is 0. The van der Waals surface area contributed by atoms with E-state index in [2.05, 4.69) is 11.4 Å². The molecular weight excluding hydrogens is 284 g/mol. The van der Waals surface area contributed by atoms with Crippen molar-refractivity contribution in [1.29, 1.82) is 5.26 Å². The SMILES string of the molecule is CC(C)(C(=O)NCCSCCCO)c1cccc(C#N)c1. The second-order valence-corrected chi connectivity index (χ2v) is 6.49. The predicted molar refractivity (Wildman–Crippen MR) is 86.2 cm³/mol. The second-order valence-electron chi connectivity index (χ2n) is 5.26. The zero-order valence-corrected chi connectivity index (χ0v) is 13.4. The molecule has 0 radical (unpaired) electrons. The summed E-state index contributed by atoms with van der Waals surface area (Å²) in [6, 6.07) is 9.26. The average Bonchev–Trinajstić information content (AvgIpc) is 2.50. The standard InChI is InChI=1S/C16H22N2O2S/c1-16(2,14-6-3-5-13(11-14)12-17)15(20)18-7-10-21-9-4-8-19/h3,5-6,11,19H,4,7-10H2,1-2H3,(H,18,20). The minimum Gasteiger partial charge on any atom is -0.396 e. The Morgan fingerprint density at radius 2 is 2.19 bits per heavy atom. The smallest absolute Gasteiger partial charge is 0.230 e. The summed E-state index contributed by atoms with van der Waals surface area (Å²) in [6.07, 6.45) is 0.783. The van der Waals surface area contributed by atoms with Gasteiger partial charge < -0.3 is 10.4 Å². The summed E-state index contributed by atoms with van der Waals surface area (Å²) >= 11 is 1.71. The number of nitriles is 1. The highest BCUT2D eigenvalue weighted by atomic mass is 32.2. The summed E-state index contributed by atoms with van der Waals surface area (Å²) in [5.74, 6) is 1.69. The lowest BCUT2D eigenvalue weighted by Gasteiger charge is -2.24. The van der Waals surface area contributed by atoms with Crippen LogP contribution in [0.3, 0.4) is 0 Å². The third-order valence-electron chi connectivity index (χ3n) is 3.26. The Kier molecular flexibility index (Phi) is 7.27. The zero-order chi connectivity index (χ0) is 15.7. The molecule has 0 bridgehead atoms. The number of thioether (sulfide) groups is 1. The normalized spacial score (nSPS) is 11.0. The molecule has 0 spiro atoms. The van der Waals surface area contributed by atoms with Gasteiger partial charge in [-0.25, -0.2) is 0 Å². The van der Waals surface area contributed by atoms with Crippen molar-refractivity contribution >= 4 is 17.7 Å². The molecule has 1 amide bonds. The molecule has 0 fully saturated rings. The van der Waals surface area contributed by atoms with Crippen molar-refractivity contribution < 1.29 is 9.90 Å². The largest absolute Gasteiger partial charge is 0.396 e. The molecule has 114 valence electrons. The van der Waals surface area contributed by atoms with Gasteiger partial charge in [-0.1, -0.05) is 12.1 Å². The molecule has 0 aliphatic carbocycles. The maximum absolute atomic E-state index is 12.3. The molecule has 21 heavy (non-hydrogen) atoms. The van der Waals surface area contributed by atoms with Crippen LogP contribution < -0.4 is 5.32 Å². The Morgan fingerprint density at radius 3 is 2.86 bits per heavy atom. The minimum atomic E-state index is -0.664. The summed E-state index contributed by atoms with van der Waals surface area (Å²) < 4.78 is 0. The van der Waals surface area contributed by atoms with Crippen LogP contribution in [0.15, 0.2) is 24.3 Å². The molecule has 0 unspecified atom stereocenters. The highest BCUT2D eigenvalue weighted by molar-refractivity contribution is 7.99. The molecule has 0 saturated carbocycles. The lowest BCUT2D eigenvalue weighted by atomic mass is 9.83. The molecule has 5 heteroatoms. The fourth-order valence-corrected chi connectivity index (χ4v) is 2.62. The number of carbonyl (C=O) groups excluding carboxylic acids is 1. The number of aliphatic hydroxyl groups excluding tert-OH is 1. The molecule has 4 nitrogen and oxygen atoms in total. The number of amides is 1. The maximum atomic E-state index is 12.3. The molecule has 0 saturated heterocycles. The second kappa shape index (κ2) is 8.71. The van der Waals surface area contributed by atoms with Gasteiger partial charge in [0.2, 0.25) is 5.91 Å². The molecule has 0 aliphatic rings. The van der Waals surface area contributed by atoms with E-state index in [0.29, 0.717) is 12.1 Å². The number of carbonyl (C=O) groups is 1. The van der Waals surface area contributed by atoms with E-state index in [-0.39, 0.29) is 12.5 Å². The van der Waals surface area contributed by atoms with E-state index in [1.165, 1.54) is 0 Å². The first-order valence-electron chi connectivity index (χ1n) is 7.00. The fraction of sp³-hybridized carbons (Fsp3) is 0.500. The van der Waals surface area contributed by atoms with E-state index in [1.807, 2.05) is 19.9 Å². The van der Waals surface area contributed by atoms with Crippen LogP contribution in [0.25, 0.3) is 0 Å². The first-order chi connectivity index (χ1) is 10.0. The van der Waals surface area contributed by atoms with E-state index < -0.39 is 5.41 Å². The highest BCUT2D eigenvalue weighted by Crippen LogP contribution is 2.24. The van der Waals surface area contributed by atoms with E-state index >= 15 is 0 Å². The van der Waals surface area contributed by atoms with E-state index in [1.54, 1.807) is 30.0 Å². The summed E-state index contributed by atoms with van der Waals surface area (Å²) in [5.41, 5.74) is 0.739. The van der Waals surface area contributed by atoms with Crippen molar-refractivity contribution in [3.05, 3.63) is 35.4 Å². The summed E-state index contributed by atoms with van der Waals surface area (Å²) in [6.45, 7) is 4.54. The van der Waals surface area contributed by atoms with Gasteiger partial charge in [-0.05, 0) is 43.7 Å². The monoisotopic (exact) mass is 306 g/mol. The summed E-state index contributed by atoms with van der Waals surface area (Å²) in [4.78, 5) is 12.3. The van der Waals surface area contributed by atoms with E-state index in [4.69, 9.17) is 10.4 Å². The molecular formula is C16H22N2O2S. The van der Waals surface area contributed by atoms with Gasteiger partial charge in [-0.15, -0.1) is 0 Å². The van der Waals surface area contributed by atoms with Crippen LogP contribution in [0, 0.1) is 11.3 Å². The molecule has 0 heterocycles. The summed E-state index contributed by atoms with van der Waals surface area (Å²) in [5, 5.41) is 20.6. The minimum absolute atomic E-state index is 0.0413. The lowest BCUT2D eigenvalue weighted by Crippen LogP contribution is -2.41. The van der Waals surface area contributed by atoms with Crippen LogP contribution in [0.2, 0.25) is 0 Å². The number of benzene rings is 1. The van der Waals surface area contributed by atoms with Gasteiger partial charge in [0, 0.05) is 18.9 Å². The van der Waals surface area contributed by atoms with Crippen molar-refractivity contribution in [2.75, 3.05) is 24.7 Å². The molecule has 1 rings (SSSR count). The number of nitrogens with zero attached hydrogens (tertiary/aromatic N) is 1. The molecule has 1 aromatic rings. The molecule has 2 N–H and O–H groups in total. The number of hydrogen-bond donors (Lipinski definition) is 2. The van der Waals surface area contributed by atoms with Crippen molar-refractivity contribution in [2.24, 2.45) is 0 Å². The molecule has 0 atom stereocenters. The topological polar surface area (TPSA) is 73.1 Å². The average molecular weight is 306 g/mol. The van der Waals surface area contributed by atoms with Crippen LogP contribution >= 0.6 is 11.8 Å². The first-order valence-corrected chi connectivity index (χ1v) is 8.15. The molecule has 0 aliphatic heterocycles. The highest BCUT2D eigenvalue weighted by Gasteiger charge is 2.29. The van der Waals surface area contributed by atoms with E-state index in [0.717, 1.165) is 23.5 Å². The van der Waals surface area contributed by atoms with E-state index in [9.17, 15) is 4.79 Å². The first kappa shape index (κ1) is 17.5. The van der Waals surface area contributed by atoms with Crippen LogP contribution in [0.4, 0.5) is 0 Å². The Bertz CT molecular complexity index is 509. The Labute approximate surface area is 130 Å². The fourth-order valence-electron chi connectivity index (χ4n) is 1.83. The van der Waals surface area contributed by atoms with Crippen molar-refractivity contribution in [1.82, 2.24) is 5.32 Å². The van der Waals surface area contributed by atoms with Crippen molar-refractivity contribution in [3.8, 4) is 6.07 Å². The van der Waals surface area contributed by atoms with Crippen LogP contribution in [-0.4, -0.2) is 35.7 Å². The lowest BCUT2D eigenvalue weighted by molar-refractivity contribution is -0.125. The zero-order valence-electron chi connectivity index (χ0n) is 12.6. The number of rotatable bonds is 8. The van der Waals surface area contributed by atoms with Gasteiger partial charge in [0.25, 0.3) is 0 Å². The van der Waals surface area contributed by atoms with Gasteiger partial charge in [0.05, 0.1) is 17.0 Å². The number of aliphatic hydroxyl groups is 1. The Morgan fingerprint density at radius 1 is 1.43 bits per heavy atom. The number of nitrogens with one attached hydrogen (secondary N) is 1. The van der Waals surface area contributed by atoms with Crippen LogP contribution in [0.5, 0.6) is 0 Å². The molecule has 0 aromatic heterocycles. The third-order valence-corrected chi connectivity index (χ3v) is 4.33. The number of hydrogen-bond acceptors (Lipinski definition) is 4. The van der Waals surface area contributed by atoms with Gasteiger partial charge in [-0.2, -0.15) is 17.0 Å². The molecule has 1 aromatic carbocycles. The van der Waals surface area contributed by atoms with Gasteiger partial charge in [0.1, 0.15) is 0 Å². The van der Waals surface area contributed by atoms with Crippen molar-refractivity contribution in [2.45, 2.75) is 25.7 Å². The Hall–Kier alpha value is -1.51. The van der Waals surface area contributed by atoms with Crippen LogP contribution in [0.1, 0.15) is 31.4 Å².